The molecule has 1 atom stereocenters. The van der Waals surface area contributed by atoms with Crippen LogP contribution in [-0.2, 0) is 0 Å². The molecule has 1 amide bonds. The van der Waals surface area contributed by atoms with E-state index in [0.717, 1.165) is 17.9 Å². The van der Waals surface area contributed by atoms with Crippen LogP contribution in [-0.4, -0.2) is 46.3 Å². The number of carbonyl (C=O) groups excluding carboxylic acids is 1. The highest BCUT2D eigenvalue weighted by Crippen LogP contribution is 2.17. The SMILES string of the molecule is Cc1c(C(=O)N2CCNC(C)C2)cnn1-c1ccc(F)cc1. The van der Waals surface area contributed by atoms with Crippen LogP contribution in [0.2, 0.25) is 0 Å². The second-order valence-electron chi connectivity index (χ2n) is 5.64. The number of piperazine rings is 1. The lowest BCUT2D eigenvalue weighted by molar-refractivity contribution is 0.0708. The maximum Gasteiger partial charge on any atom is 0.257 e. The molecule has 1 aliphatic heterocycles. The summed E-state index contributed by atoms with van der Waals surface area (Å²) in [5, 5.41) is 7.60. The van der Waals surface area contributed by atoms with Gasteiger partial charge in [0, 0.05) is 25.7 Å². The van der Waals surface area contributed by atoms with Crippen LogP contribution < -0.4 is 5.32 Å². The van der Waals surface area contributed by atoms with Gasteiger partial charge in [0.15, 0.2) is 0 Å². The van der Waals surface area contributed by atoms with Gasteiger partial charge in [-0.2, -0.15) is 5.10 Å². The van der Waals surface area contributed by atoms with E-state index >= 15 is 0 Å². The first kappa shape index (κ1) is 14.7. The summed E-state index contributed by atoms with van der Waals surface area (Å²) in [4.78, 5) is 14.5. The van der Waals surface area contributed by atoms with Gasteiger partial charge in [-0.1, -0.05) is 0 Å². The predicted octanol–water partition coefficient (Wildman–Crippen LogP) is 1.75. The number of hydrogen-bond acceptors (Lipinski definition) is 3. The van der Waals surface area contributed by atoms with Crippen LogP contribution in [0.3, 0.4) is 0 Å². The molecule has 1 aliphatic rings. The van der Waals surface area contributed by atoms with E-state index in [1.807, 2.05) is 11.8 Å². The highest BCUT2D eigenvalue weighted by molar-refractivity contribution is 5.95. The number of rotatable bonds is 2. The molecular formula is C16H19FN4O. The Hall–Kier alpha value is -2.21. The minimum Gasteiger partial charge on any atom is -0.336 e. The van der Waals surface area contributed by atoms with E-state index in [9.17, 15) is 9.18 Å². The molecule has 1 unspecified atom stereocenters. The van der Waals surface area contributed by atoms with Gasteiger partial charge in [-0.3, -0.25) is 4.79 Å². The average Bonchev–Trinajstić information content (AvgIpc) is 2.89. The Balaban J connectivity index is 1.86. The van der Waals surface area contributed by atoms with Crippen molar-refractivity contribution in [2.75, 3.05) is 19.6 Å². The van der Waals surface area contributed by atoms with E-state index in [4.69, 9.17) is 0 Å². The lowest BCUT2D eigenvalue weighted by atomic mass is 10.1. The fraction of sp³-hybridized carbons (Fsp3) is 0.375. The first-order chi connectivity index (χ1) is 10.6. The van der Waals surface area contributed by atoms with Crippen molar-refractivity contribution in [3.05, 3.63) is 47.5 Å². The molecule has 0 spiro atoms. The molecule has 1 fully saturated rings. The highest BCUT2D eigenvalue weighted by Gasteiger charge is 2.24. The van der Waals surface area contributed by atoms with Crippen molar-refractivity contribution in [2.45, 2.75) is 19.9 Å². The van der Waals surface area contributed by atoms with E-state index in [-0.39, 0.29) is 11.7 Å². The third-order valence-electron chi connectivity index (χ3n) is 3.97. The molecule has 5 nitrogen and oxygen atoms in total. The Morgan fingerprint density at radius 1 is 1.36 bits per heavy atom. The smallest absolute Gasteiger partial charge is 0.257 e. The number of halogens is 1. The number of hydrogen-bond donors (Lipinski definition) is 1. The summed E-state index contributed by atoms with van der Waals surface area (Å²) >= 11 is 0. The Morgan fingerprint density at radius 3 is 2.77 bits per heavy atom. The van der Waals surface area contributed by atoms with E-state index in [1.165, 1.54) is 12.1 Å². The molecule has 2 aromatic rings. The van der Waals surface area contributed by atoms with Gasteiger partial charge in [-0.05, 0) is 38.1 Å². The number of amides is 1. The third-order valence-corrected chi connectivity index (χ3v) is 3.97. The van der Waals surface area contributed by atoms with Crippen molar-refractivity contribution >= 4 is 5.91 Å². The Labute approximate surface area is 128 Å². The van der Waals surface area contributed by atoms with Crippen LogP contribution in [0.15, 0.2) is 30.5 Å². The number of benzene rings is 1. The molecule has 22 heavy (non-hydrogen) atoms. The number of aromatic nitrogens is 2. The first-order valence-electron chi connectivity index (χ1n) is 7.39. The van der Waals surface area contributed by atoms with Crippen LogP contribution >= 0.6 is 0 Å². The summed E-state index contributed by atoms with van der Waals surface area (Å²) < 4.78 is 14.7. The topological polar surface area (TPSA) is 50.2 Å². The van der Waals surface area contributed by atoms with Crippen molar-refractivity contribution in [2.24, 2.45) is 0 Å². The summed E-state index contributed by atoms with van der Waals surface area (Å²) in [6, 6.07) is 6.36. The second-order valence-corrected chi connectivity index (χ2v) is 5.64. The van der Waals surface area contributed by atoms with Gasteiger partial charge in [0.05, 0.1) is 23.1 Å². The minimum absolute atomic E-state index is 0.000730. The summed E-state index contributed by atoms with van der Waals surface area (Å²) in [5.74, 6) is -0.293. The first-order valence-corrected chi connectivity index (χ1v) is 7.39. The fourth-order valence-electron chi connectivity index (χ4n) is 2.75. The maximum absolute atomic E-state index is 13.0. The molecule has 6 heteroatoms. The number of carbonyl (C=O) groups is 1. The van der Waals surface area contributed by atoms with Crippen molar-refractivity contribution in [1.82, 2.24) is 20.0 Å². The second kappa shape index (κ2) is 5.88. The van der Waals surface area contributed by atoms with Gasteiger partial charge in [-0.25, -0.2) is 9.07 Å². The zero-order valence-electron chi connectivity index (χ0n) is 12.7. The summed E-state index contributed by atoms with van der Waals surface area (Å²) in [5.41, 5.74) is 2.10. The van der Waals surface area contributed by atoms with Crippen molar-refractivity contribution in [3.63, 3.8) is 0 Å². The molecule has 0 aliphatic carbocycles. The Morgan fingerprint density at radius 2 is 2.09 bits per heavy atom. The predicted molar refractivity (Wildman–Crippen MR) is 81.6 cm³/mol. The third kappa shape index (κ3) is 2.74. The van der Waals surface area contributed by atoms with Gasteiger partial charge in [0.2, 0.25) is 0 Å². The number of nitrogens with one attached hydrogen (secondary N) is 1. The molecule has 0 radical (unpaired) electrons. The lowest BCUT2D eigenvalue weighted by Gasteiger charge is -2.31. The van der Waals surface area contributed by atoms with Crippen LogP contribution in [0.4, 0.5) is 4.39 Å². The van der Waals surface area contributed by atoms with Crippen molar-refractivity contribution in [1.29, 1.82) is 0 Å². The summed E-state index contributed by atoms with van der Waals surface area (Å²) in [6.45, 7) is 6.12. The molecule has 3 rings (SSSR count). The fourth-order valence-corrected chi connectivity index (χ4v) is 2.75. The van der Waals surface area contributed by atoms with Gasteiger partial charge < -0.3 is 10.2 Å². The van der Waals surface area contributed by atoms with Crippen LogP contribution in [0.5, 0.6) is 0 Å². The molecule has 116 valence electrons. The zero-order valence-corrected chi connectivity index (χ0v) is 12.7. The van der Waals surface area contributed by atoms with Crippen LogP contribution in [0, 0.1) is 12.7 Å². The standard InChI is InChI=1S/C16H19FN4O/c1-11-10-20(8-7-18-11)16(22)15-9-19-21(12(15)2)14-5-3-13(17)4-6-14/h3-6,9,11,18H,7-8,10H2,1-2H3. The molecule has 2 heterocycles. The summed E-state index contributed by atoms with van der Waals surface area (Å²) in [6.07, 6.45) is 1.59. The average molecular weight is 302 g/mol. The maximum atomic E-state index is 13.0. The van der Waals surface area contributed by atoms with Gasteiger partial charge in [0.1, 0.15) is 5.82 Å². The molecule has 1 N–H and O–H groups in total. The minimum atomic E-state index is -0.292. The van der Waals surface area contributed by atoms with Crippen LogP contribution in [0.1, 0.15) is 23.0 Å². The van der Waals surface area contributed by atoms with Crippen molar-refractivity contribution in [3.8, 4) is 5.69 Å². The lowest BCUT2D eigenvalue weighted by Crippen LogP contribution is -2.51. The quantitative estimate of drug-likeness (QED) is 0.919. The molecule has 0 bridgehead atoms. The van der Waals surface area contributed by atoms with E-state index in [2.05, 4.69) is 17.3 Å². The van der Waals surface area contributed by atoms with E-state index in [1.54, 1.807) is 23.0 Å². The Kier molecular flexibility index (Phi) is 3.94. The Bertz CT molecular complexity index is 680. The normalized spacial score (nSPS) is 18.5. The van der Waals surface area contributed by atoms with Crippen molar-refractivity contribution < 1.29 is 9.18 Å². The van der Waals surface area contributed by atoms with E-state index < -0.39 is 0 Å². The van der Waals surface area contributed by atoms with E-state index in [0.29, 0.717) is 24.7 Å². The highest BCUT2D eigenvalue weighted by atomic mass is 19.1. The molecular weight excluding hydrogens is 283 g/mol. The molecule has 1 aromatic carbocycles. The number of nitrogens with zero attached hydrogens (tertiary/aromatic N) is 3. The monoisotopic (exact) mass is 302 g/mol. The summed E-state index contributed by atoms with van der Waals surface area (Å²) in [7, 11) is 0. The largest absolute Gasteiger partial charge is 0.336 e. The van der Waals surface area contributed by atoms with Crippen LogP contribution in [0.25, 0.3) is 5.69 Å². The molecule has 1 aromatic heterocycles. The molecule has 1 saturated heterocycles. The molecule has 0 saturated carbocycles. The zero-order chi connectivity index (χ0) is 15.7. The van der Waals surface area contributed by atoms with Gasteiger partial charge in [-0.15, -0.1) is 0 Å². The van der Waals surface area contributed by atoms with Gasteiger partial charge in [0.25, 0.3) is 5.91 Å². The van der Waals surface area contributed by atoms with Gasteiger partial charge >= 0.3 is 0 Å².